The Morgan fingerprint density at radius 3 is 0.914 bits per heavy atom. The van der Waals surface area contributed by atoms with Gasteiger partial charge in [-0.1, -0.05) is 191 Å². The largest absolute Gasteiger partial charge is 0.495 e. The van der Waals surface area contributed by atoms with Gasteiger partial charge in [-0.25, -0.2) is 0 Å². The van der Waals surface area contributed by atoms with Gasteiger partial charge in [0.25, 0.3) is 0 Å². The van der Waals surface area contributed by atoms with E-state index in [1.807, 2.05) is 0 Å². The number of hydrogen-bond acceptors (Lipinski definition) is 4. The normalized spacial score (nSPS) is 19.5. The monoisotopic (exact) mass is 943 g/mol. The Labute approximate surface area is 425 Å². The molecule has 0 aromatic heterocycles. The highest BCUT2D eigenvalue weighted by Gasteiger charge is 2.56. The van der Waals surface area contributed by atoms with Crippen LogP contribution in [0.3, 0.4) is 0 Å². The average molecular weight is 943 g/mol. The van der Waals surface area contributed by atoms with Crippen LogP contribution in [0.5, 0.6) is 0 Å². The molecule has 6 heteroatoms. The smallest absolute Gasteiger partial charge is 0.399 e. The van der Waals surface area contributed by atoms with Gasteiger partial charge >= 0.3 is 14.2 Å². The van der Waals surface area contributed by atoms with Crippen LogP contribution in [0.2, 0.25) is 0 Å². The predicted octanol–water partition coefficient (Wildman–Crippen LogP) is 17.0. The highest BCUT2D eigenvalue weighted by Crippen LogP contribution is 2.63. The van der Waals surface area contributed by atoms with Gasteiger partial charge in [0.2, 0.25) is 0 Å². The molecule has 5 aromatic carbocycles. The number of fused-ring (bicyclic) bond motifs is 10. The minimum Gasteiger partial charge on any atom is -0.399 e. The first-order valence-electron chi connectivity index (χ1n) is 28.5. The van der Waals surface area contributed by atoms with Crippen LogP contribution in [-0.2, 0) is 29.4 Å². The van der Waals surface area contributed by atoms with Crippen molar-refractivity contribution in [3.05, 3.63) is 95.1 Å². The minimum atomic E-state index is -0.442. The second kappa shape index (κ2) is 20.1. The molecule has 0 N–H and O–H groups in total. The van der Waals surface area contributed by atoms with Gasteiger partial charge in [-0.05, 0) is 170 Å². The standard InChI is InChI=1S/C64H88B2O4/c1-13-17-21-29-37-63(38-30-22-18-14-2)51-41-50-52(42-49(51)57-47-35-27-25-33-45(47)55(43-53(57)63)65-67-59(5,6)60(7,8)68-65)64(39-31-23-19-15-3,40-32-24-20-16-4)54-44-56(46-34-26-28-36-48(46)58(50)54)66-69-61(9,10)62(11,12)70-66/h25-28,33-36,41-44H,13-24,29-32,37-40H2,1-12H3. The molecular formula is C64H88B2O4. The van der Waals surface area contributed by atoms with E-state index in [1.54, 1.807) is 11.1 Å². The predicted molar refractivity (Wildman–Crippen MR) is 300 cm³/mol. The van der Waals surface area contributed by atoms with Gasteiger partial charge in [-0.2, -0.15) is 0 Å². The molecule has 2 aliphatic carbocycles. The summed E-state index contributed by atoms with van der Waals surface area (Å²) < 4.78 is 28.0. The lowest BCUT2D eigenvalue weighted by Crippen LogP contribution is -2.41. The molecule has 4 aliphatic rings. The third kappa shape index (κ3) is 8.77. The van der Waals surface area contributed by atoms with Crippen molar-refractivity contribution in [3.8, 4) is 22.3 Å². The molecule has 0 atom stereocenters. The summed E-state index contributed by atoms with van der Waals surface area (Å²) in [7, 11) is -0.885. The maximum atomic E-state index is 7.00. The fourth-order valence-corrected chi connectivity index (χ4v) is 13.3. The first-order valence-corrected chi connectivity index (χ1v) is 28.5. The molecule has 70 heavy (non-hydrogen) atoms. The minimum absolute atomic E-state index is 0.143. The van der Waals surface area contributed by atoms with E-state index in [0.717, 1.165) is 25.7 Å². The lowest BCUT2D eigenvalue weighted by Gasteiger charge is -2.35. The second-order valence-corrected chi connectivity index (χ2v) is 24.4. The van der Waals surface area contributed by atoms with Crippen LogP contribution in [0, 0.1) is 0 Å². The van der Waals surface area contributed by atoms with Crippen LogP contribution in [0.4, 0.5) is 0 Å². The van der Waals surface area contributed by atoms with Crippen molar-refractivity contribution >= 4 is 46.7 Å². The number of rotatable bonds is 22. The van der Waals surface area contributed by atoms with Crippen molar-refractivity contribution in [2.24, 2.45) is 0 Å². The highest BCUT2D eigenvalue weighted by atomic mass is 16.7. The summed E-state index contributed by atoms with van der Waals surface area (Å²) in [5, 5.41) is 5.20. The van der Waals surface area contributed by atoms with Gasteiger partial charge in [0.05, 0.1) is 22.4 Å². The molecule has 0 radical (unpaired) electrons. The van der Waals surface area contributed by atoms with Gasteiger partial charge in [0.15, 0.2) is 0 Å². The van der Waals surface area contributed by atoms with E-state index >= 15 is 0 Å². The van der Waals surface area contributed by atoms with Crippen molar-refractivity contribution in [1.29, 1.82) is 0 Å². The van der Waals surface area contributed by atoms with Crippen molar-refractivity contribution in [1.82, 2.24) is 0 Å². The third-order valence-electron chi connectivity index (χ3n) is 18.8. The van der Waals surface area contributed by atoms with Gasteiger partial charge in [0.1, 0.15) is 0 Å². The van der Waals surface area contributed by atoms with Crippen LogP contribution in [0.25, 0.3) is 43.8 Å². The van der Waals surface area contributed by atoms with Crippen LogP contribution >= 0.6 is 0 Å². The summed E-state index contributed by atoms with van der Waals surface area (Å²) in [6.45, 7) is 27.0. The van der Waals surface area contributed by atoms with Gasteiger partial charge in [-0.3, -0.25) is 0 Å². The van der Waals surface area contributed by atoms with E-state index in [2.05, 4.69) is 156 Å². The van der Waals surface area contributed by atoms with E-state index in [1.165, 1.54) is 169 Å². The van der Waals surface area contributed by atoms with Gasteiger partial charge in [-0.15, -0.1) is 0 Å². The third-order valence-corrected chi connectivity index (χ3v) is 18.8. The van der Waals surface area contributed by atoms with E-state index in [-0.39, 0.29) is 10.8 Å². The Morgan fingerprint density at radius 2 is 0.629 bits per heavy atom. The lowest BCUT2D eigenvalue weighted by atomic mass is 9.66. The van der Waals surface area contributed by atoms with E-state index < -0.39 is 36.6 Å². The summed E-state index contributed by atoms with van der Waals surface area (Å²) in [6.07, 6.45) is 24.5. The summed E-state index contributed by atoms with van der Waals surface area (Å²) in [4.78, 5) is 0. The second-order valence-electron chi connectivity index (χ2n) is 24.4. The molecule has 374 valence electrons. The molecule has 0 saturated carbocycles. The Kier molecular flexibility index (Phi) is 14.8. The molecule has 0 amide bonds. The molecule has 2 heterocycles. The number of unbranched alkanes of at least 4 members (excludes halogenated alkanes) is 12. The molecule has 0 spiro atoms. The zero-order valence-corrected chi connectivity index (χ0v) is 45.9. The molecule has 9 rings (SSSR count). The number of hydrogen-bond donors (Lipinski definition) is 0. The summed E-state index contributed by atoms with van der Waals surface area (Å²) in [5.74, 6) is 0. The van der Waals surface area contributed by atoms with Crippen LogP contribution in [-0.4, -0.2) is 36.6 Å². The van der Waals surface area contributed by atoms with Crippen molar-refractivity contribution in [3.63, 3.8) is 0 Å². The van der Waals surface area contributed by atoms with E-state index in [0.29, 0.717) is 0 Å². The highest BCUT2D eigenvalue weighted by molar-refractivity contribution is 6.66. The van der Waals surface area contributed by atoms with Gasteiger partial charge in [0, 0.05) is 10.8 Å². The molecular weight excluding hydrogens is 854 g/mol. The zero-order chi connectivity index (χ0) is 49.7. The quantitative estimate of drug-likeness (QED) is 0.0512. The molecule has 0 unspecified atom stereocenters. The van der Waals surface area contributed by atoms with Gasteiger partial charge < -0.3 is 18.6 Å². The Bertz CT molecular complexity index is 2430. The maximum absolute atomic E-state index is 7.00. The van der Waals surface area contributed by atoms with E-state index in [9.17, 15) is 0 Å². The van der Waals surface area contributed by atoms with Crippen molar-refractivity contribution in [2.45, 2.75) is 245 Å². The fraction of sp³-hybridized carbons (Fsp3) is 0.594. The summed E-state index contributed by atoms with van der Waals surface area (Å²) >= 11 is 0. The lowest BCUT2D eigenvalue weighted by molar-refractivity contribution is 0.00578. The van der Waals surface area contributed by atoms with Crippen LogP contribution < -0.4 is 10.9 Å². The first kappa shape index (κ1) is 51.5. The van der Waals surface area contributed by atoms with Crippen LogP contribution in [0.1, 0.15) is 234 Å². The molecule has 2 aliphatic heterocycles. The average Bonchev–Trinajstić information content (AvgIpc) is 3.92. The molecule has 5 aromatic rings. The molecule has 2 fully saturated rings. The topological polar surface area (TPSA) is 36.9 Å². The molecule has 2 saturated heterocycles. The Morgan fingerprint density at radius 1 is 0.343 bits per heavy atom. The summed E-state index contributed by atoms with van der Waals surface area (Å²) in [5.41, 5.74) is 12.4. The van der Waals surface area contributed by atoms with Crippen LogP contribution in [0.15, 0.2) is 72.8 Å². The Balaban J connectivity index is 1.35. The molecule has 0 bridgehead atoms. The van der Waals surface area contributed by atoms with Crippen molar-refractivity contribution in [2.75, 3.05) is 0 Å². The van der Waals surface area contributed by atoms with Crippen molar-refractivity contribution < 1.29 is 18.6 Å². The Hall–Kier alpha value is -3.41. The first-order chi connectivity index (χ1) is 33.5. The summed E-state index contributed by atoms with van der Waals surface area (Å²) in [6, 6.07) is 29.3. The number of benzene rings is 5. The fourth-order valence-electron chi connectivity index (χ4n) is 13.3. The van der Waals surface area contributed by atoms with E-state index in [4.69, 9.17) is 18.6 Å². The SMILES string of the molecule is CCCCCCC1(CCCCCC)c2cc3c(cc2-c2c1cc(B1OC(C)(C)C(C)(C)O1)c1ccccc21)C(CCCCCC)(CCCCCC)c1cc(B2OC(C)(C)C(C)(C)O2)c2ccccc2c1-3. The zero-order valence-electron chi connectivity index (χ0n) is 45.9. The maximum Gasteiger partial charge on any atom is 0.495 e. The molecule has 4 nitrogen and oxygen atoms in total.